The Balaban J connectivity index is 2.02. The predicted octanol–water partition coefficient (Wildman–Crippen LogP) is 1.69. The average molecular weight is 425 g/mol. The second-order valence-electron chi connectivity index (χ2n) is 7.47. The maximum absolute atomic E-state index is 11.4. The van der Waals surface area contributed by atoms with E-state index in [1.165, 1.54) is 16.4 Å². The maximum atomic E-state index is 11.4. The number of nitrogens with one attached hydrogen (secondary N) is 1. The van der Waals surface area contributed by atoms with E-state index in [1.54, 1.807) is 0 Å². The first-order valence-corrected chi connectivity index (χ1v) is 11.0. The summed E-state index contributed by atoms with van der Waals surface area (Å²) in [5.41, 5.74) is 0.890. The van der Waals surface area contributed by atoms with E-state index in [0.717, 1.165) is 25.0 Å². The van der Waals surface area contributed by atoms with Crippen LogP contribution in [0.25, 0.3) is 11.2 Å². The Bertz CT molecular complexity index is 862. The van der Waals surface area contributed by atoms with Crippen molar-refractivity contribution in [2.75, 3.05) is 11.1 Å². The number of aliphatic carboxylic acids is 1. The second-order valence-corrected chi connectivity index (χ2v) is 8.53. The molecular formula is C18H28N6O4S. The molecule has 2 aromatic heterocycles. The smallest absolute Gasteiger partial charge is 0.309 e. The highest BCUT2D eigenvalue weighted by atomic mass is 32.2. The molecule has 1 saturated carbocycles. The number of hydrogen-bond donors (Lipinski definition) is 4. The van der Waals surface area contributed by atoms with Gasteiger partial charge >= 0.3 is 5.97 Å². The van der Waals surface area contributed by atoms with Gasteiger partial charge in [-0.3, -0.25) is 4.79 Å². The van der Waals surface area contributed by atoms with E-state index < -0.39 is 30.1 Å². The SMILES string of the molecule is CCCSc1nc(NC(C)CCC)c2nnn([C@@H]3C[C@H](C(=O)O)[C@@H](O)[C@H]3O)c2n1. The number of anilines is 1. The van der Waals surface area contributed by atoms with Gasteiger partial charge in [0.15, 0.2) is 22.1 Å². The minimum Gasteiger partial charge on any atom is -0.481 e. The molecule has 0 aromatic carbocycles. The van der Waals surface area contributed by atoms with Crippen LogP contribution in [0.3, 0.4) is 0 Å². The molecule has 0 spiro atoms. The van der Waals surface area contributed by atoms with Gasteiger partial charge in [0, 0.05) is 11.8 Å². The van der Waals surface area contributed by atoms with Crippen LogP contribution in [0.1, 0.15) is 52.5 Å². The standard InChI is InChI=1S/C18H28N6O4S/c1-4-6-9(3)19-15-12-16(21-18(20-15)29-7-5-2)24(23-22-12)11-8-10(17(27)28)13(25)14(11)26/h9-11,13-14,25-26H,4-8H2,1-3H3,(H,27,28)(H,19,20,21)/t9?,10-,11+,13+,14-/m0/s1. The molecule has 2 aromatic rings. The number of carboxylic acid groups (broad SMARTS) is 1. The number of rotatable bonds is 9. The maximum Gasteiger partial charge on any atom is 0.309 e. The molecule has 0 saturated heterocycles. The third kappa shape index (κ3) is 4.46. The summed E-state index contributed by atoms with van der Waals surface area (Å²) in [5.74, 6) is -0.785. The van der Waals surface area contributed by atoms with Crippen LogP contribution in [-0.2, 0) is 4.79 Å². The number of thioether (sulfide) groups is 1. The molecule has 4 N–H and O–H groups in total. The minimum absolute atomic E-state index is 0.0482. The molecule has 2 heterocycles. The number of aromatic nitrogens is 5. The van der Waals surface area contributed by atoms with Gasteiger partial charge in [-0.2, -0.15) is 0 Å². The van der Waals surface area contributed by atoms with E-state index in [1.807, 2.05) is 0 Å². The lowest BCUT2D eigenvalue weighted by molar-refractivity contribution is -0.145. The normalized spacial score (nSPS) is 25.4. The van der Waals surface area contributed by atoms with E-state index in [2.05, 4.69) is 46.4 Å². The molecule has 5 atom stereocenters. The lowest BCUT2D eigenvalue weighted by atomic mass is 10.1. The zero-order valence-corrected chi connectivity index (χ0v) is 17.6. The molecule has 11 heteroatoms. The number of carboxylic acids is 1. The highest BCUT2D eigenvalue weighted by molar-refractivity contribution is 7.99. The molecule has 29 heavy (non-hydrogen) atoms. The highest BCUT2D eigenvalue weighted by Gasteiger charge is 2.47. The van der Waals surface area contributed by atoms with Crippen molar-refractivity contribution in [1.29, 1.82) is 0 Å². The summed E-state index contributed by atoms with van der Waals surface area (Å²) >= 11 is 1.51. The Morgan fingerprint density at radius 2 is 2.03 bits per heavy atom. The number of aliphatic hydroxyl groups excluding tert-OH is 2. The third-order valence-electron chi connectivity index (χ3n) is 5.13. The highest BCUT2D eigenvalue weighted by Crippen LogP contribution is 2.37. The van der Waals surface area contributed by atoms with Crippen LogP contribution < -0.4 is 5.32 Å². The Hall–Kier alpha value is -1.98. The van der Waals surface area contributed by atoms with Crippen LogP contribution in [0.2, 0.25) is 0 Å². The fourth-order valence-corrected chi connectivity index (χ4v) is 4.32. The van der Waals surface area contributed by atoms with Crippen LogP contribution >= 0.6 is 11.8 Å². The largest absolute Gasteiger partial charge is 0.481 e. The Morgan fingerprint density at radius 3 is 2.66 bits per heavy atom. The summed E-state index contributed by atoms with van der Waals surface area (Å²) in [5, 5.41) is 42.2. The van der Waals surface area contributed by atoms with Gasteiger partial charge in [0.1, 0.15) is 6.10 Å². The Labute approximate surface area is 173 Å². The molecular weight excluding hydrogens is 396 g/mol. The van der Waals surface area contributed by atoms with Crippen molar-refractivity contribution in [2.45, 2.75) is 75.9 Å². The molecule has 1 fully saturated rings. The summed E-state index contributed by atoms with van der Waals surface area (Å²) in [6.07, 6.45) is 0.367. The topological polar surface area (TPSA) is 146 Å². The van der Waals surface area contributed by atoms with Gasteiger partial charge in [-0.15, -0.1) is 5.10 Å². The molecule has 0 amide bonds. The van der Waals surface area contributed by atoms with Gasteiger partial charge in [-0.25, -0.2) is 14.6 Å². The van der Waals surface area contributed by atoms with E-state index in [0.29, 0.717) is 22.1 Å². The summed E-state index contributed by atoms with van der Waals surface area (Å²) in [4.78, 5) is 20.6. The molecule has 0 radical (unpaired) electrons. The number of aliphatic hydroxyl groups is 2. The average Bonchev–Trinajstić information content (AvgIpc) is 3.22. The van der Waals surface area contributed by atoms with Crippen molar-refractivity contribution >= 4 is 34.7 Å². The predicted molar refractivity (Wildman–Crippen MR) is 109 cm³/mol. The molecule has 0 aliphatic heterocycles. The lowest BCUT2D eigenvalue weighted by Crippen LogP contribution is -2.32. The number of nitrogens with zero attached hydrogens (tertiary/aromatic N) is 5. The second kappa shape index (κ2) is 9.23. The zero-order chi connectivity index (χ0) is 21.1. The van der Waals surface area contributed by atoms with Crippen molar-refractivity contribution in [3.05, 3.63) is 0 Å². The van der Waals surface area contributed by atoms with Gasteiger partial charge in [0.05, 0.1) is 18.1 Å². The Kier molecular flexibility index (Phi) is 6.91. The monoisotopic (exact) mass is 424 g/mol. The number of hydrogen-bond acceptors (Lipinski definition) is 9. The van der Waals surface area contributed by atoms with Gasteiger partial charge in [-0.1, -0.05) is 37.2 Å². The molecule has 1 unspecified atom stereocenters. The fourth-order valence-electron chi connectivity index (χ4n) is 3.63. The van der Waals surface area contributed by atoms with Gasteiger partial charge in [0.25, 0.3) is 0 Å². The molecule has 0 bridgehead atoms. The first-order valence-electron chi connectivity index (χ1n) is 9.98. The fraction of sp³-hybridized carbons (Fsp3) is 0.722. The first-order chi connectivity index (χ1) is 13.9. The van der Waals surface area contributed by atoms with E-state index >= 15 is 0 Å². The number of fused-ring (bicyclic) bond motifs is 1. The van der Waals surface area contributed by atoms with Crippen molar-refractivity contribution < 1.29 is 20.1 Å². The van der Waals surface area contributed by atoms with Crippen LogP contribution in [0.4, 0.5) is 5.82 Å². The van der Waals surface area contributed by atoms with Crippen molar-refractivity contribution in [3.8, 4) is 0 Å². The van der Waals surface area contributed by atoms with Gasteiger partial charge < -0.3 is 20.6 Å². The summed E-state index contributed by atoms with van der Waals surface area (Å²) in [6.45, 7) is 6.25. The molecule has 160 valence electrons. The first kappa shape index (κ1) is 21.7. The van der Waals surface area contributed by atoms with Crippen LogP contribution in [0, 0.1) is 5.92 Å². The zero-order valence-electron chi connectivity index (χ0n) is 16.8. The van der Waals surface area contributed by atoms with Crippen LogP contribution in [0.15, 0.2) is 5.16 Å². The third-order valence-corrected chi connectivity index (χ3v) is 6.18. The minimum atomic E-state index is -1.37. The number of carbonyl (C=O) groups is 1. The van der Waals surface area contributed by atoms with E-state index in [-0.39, 0.29) is 12.5 Å². The van der Waals surface area contributed by atoms with Gasteiger partial charge in [0.2, 0.25) is 0 Å². The van der Waals surface area contributed by atoms with Crippen molar-refractivity contribution in [3.63, 3.8) is 0 Å². The molecule has 1 aliphatic carbocycles. The molecule has 10 nitrogen and oxygen atoms in total. The van der Waals surface area contributed by atoms with Gasteiger partial charge in [-0.05, 0) is 26.2 Å². The van der Waals surface area contributed by atoms with Crippen LogP contribution in [-0.4, -0.2) is 70.3 Å². The summed E-state index contributed by atoms with van der Waals surface area (Å²) in [6, 6.07) is -0.543. The van der Waals surface area contributed by atoms with E-state index in [9.17, 15) is 20.1 Å². The van der Waals surface area contributed by atoms with Crippen LogP contribution in [0.5, 0.6) is 0 Å². The summed E-state index contributed by atoms with van der Waals surface area (Å²) in [7, 11) is 0. The summed E-state index contributed by atoms with van der Waals surface area (Å²) < 4.78 is 1.43. The lowest BCUT2D eigenvalue weighted by Gasteiger charge is -2.17. The Morgan fingerprint density at radius 1 is 1.28 bits per heavy atom. The van der Waals surface area contributed by atoms with E-state index in [4.69, 9.17) is 0 Å². The molecule has 3 rings (SSSR count). The quantitative estimate of drug-likeness (QED) is 0.346. The van der Waals surface area contributed by atoms with Crippen molar-refractivity contribution in [2.24, 2.45) is 5.92 Å². The molecule has 1 aliphatic rings. The van der Waals surface area contributed by atoms with Crippen molar-refractivity contribution in [1.82, 2.24) is 25.0 Å².